The highest BCUT2D eigenvalue weighted by Crippen LogP contribution is 2.16. The molecule has 1 rings (SSSR count). The number of thioether (sulfide) groups is 1. The first-order valence-electron chi connectivity index (χ1n) is 5.90. The highest BCUT2D eigenvalue weighted by Gasteiger charge is 1.98. The highest BCUT2D eigenvalue weighted by molar-refractivity contribution is 7.99. The lowest BCUT2D eigenvalue weighted by atomic mass is 10.4. The summed E-state index contributed by atoms with van der Waals surface area (Å²) in [5.41, 5.74) is 0. The van der Waals surface area contributed by atoms with Crippen molar-refractivity contribution in [1.29, 1.82) is 0 Å². The van der Waals surface area contributed by atoms with Gasteiger partial charge in [0.1, 0.15) is 0 Å². The van der Waals surface area contributed by atoms with Crippen LogP contribution in [0, 0.1) is 0 Å². The summed E-state index contributed by atoms with van der Waals surface area (Å²) >= 11 is 1.93. The van der Waals surface area contributed by atoms with Gasteiger partial charge in [-0.05, 0) is 25.7 Å². The van der Waals surface area contributed by atoms with Crippen LogP contribution >= 0.6 is 11.8 Å². The summed E-state index contributed by atoms with van der Waals surface area (Å²) in [7, 11) is 2.18. The van der Waals surface area contributed by atoms with Crippen molar-refractivity contribution in [3.8, 4) is 0 Å². The summed E-state index contributed by atoms with van der Waals surface area (Å²) in [4.78, 5) is 3.74. The first-order chi connectivity index (χ1) is 7.83. The number of hydrogen-bond donors (Lipinski definition) is 1. The molecule has 1 aromatic carbocycles. The lowest BCUT2D eigenvalue weighted by molar-refractivity contribution is 0.353. The fourth-order valence-corrected chi connectivity index (χ4v) is 2.38. The molecule has 2 nitrogen and oxygen atoms in total. The molecule has 0 radical (unpaired) electrons. The summed E-state index contributed by atoms with van der Waals surface area (Å²) in [6.45, 7) is 6.56. The minimum atomic E-state index is 1.06. The van der Waals surface area contributed by atoms with Gasteiger partial charge in [0, 0.05) is 30.3 Å². The third kappa shape index (κ3) is 6.16. The molecule has 16 heavy (non-hydrogen) atoms. The fraction of sp³-hybridized carbons (Fsp3) is 0.538. The first kappa shape index (κ1) is 13.6. The molecule has 90 valence electrons. The number of rotatable bonds is 8. The molecule has 0 saturated heterocycles. The summed E-state index contributed by atoms with van der Waals surface area (Å²) in [5.74, 6) is 1.16. The van der Waals surface area contributed by atoms with Crippen molar-refractivity contribution in [1.82, 2.24) is 10.2 Å². The Balaban J connectivity index is 2.06. The molecule has 0 aliphatic heterocycles. The molecule has 0 bridgehead atoms. The van der Waals surface area contributed by atoms with Crippen molar-refractivity contribution in [3.05, 3.63) is 30.3 Å². The van der Waals surface area contributed by atoms with Crippen LogP contribution < -0.4 is 5.32 Å². The van der Waals surface area contributed by atoms with Crippen LogP contribution in [-0.4, -0.2) is 43.9 Å². The lowest BCUT2D eigenvalue weighted by Crippen LogP contribution is -2.30. The molecule has 0 unspecified atom stereocenters. The Kier molecular flexibility index (Phi) is 7.30. The van der Waals surface area contributed by atoms with Gasteiger partial charge in [-0.3, -0.25) is 0 Å². The van der Waals surface area contributed by atoms with Crippen molar-refractivity contribution < 1.29 is 0 Å². The highest BCUT2D eigenvalue weighted by atomic mass is 32.2. The standard InChI is InChI=1S/C13H22N2S/c1-3-14-9-10-15(2)11-12-16-13-7-5-4-6-8-13/h4-8,14H,3,9-12H2,1-2H3. The topological polar surface area (TPSA) is 15.3 Å². The summed E-state index contributed by atoms with van der Waals surface area (Å²) in [5, 5.41) is 3.34. The van der Waals surface area contributed by atoms with Gasteiger partial charge in [0.05, 0.1) is 0 Å². The van der Waals surface area contributed by atoms with Gasteiger partial charge in [-0.1, -0.05) is 25.1 Å². The Morgan fingerprint density at radius 3 is 2.62 bits per heavy atom. The number of likely N-dealkylation sites (N-methyl/N-ethyl adjacent to an activating group) is 2. The summed E-state index contributed by atoms with van der Waals surface area (Å²) in [6.07, 6.45) is 0. The third-order valence-electron chi connectivity index (χ3n) is 2.41. The maximum absolute atomic E-state index is 3.34. The smallest absolute Gasteiger partial charge is 0.0108 e. The van der Waals surface area contributed by atoms with Gasteiger partial charge in [-0.25, -0.2) is 0 Å². The summed E-state index contributed by atoms with van der Waals surface area (Å²) in [6, 6.07) is 10.6. The van der Waals surface area contributed by atoms with Crippen molar-refractivity contribution in [3.63, 3.8) is 0 Å². The average Bonchev–Trinajstić information content (AvgIpc) is 2.31. The molecule has 0 saturated carbocycles. The molecule has 0 aromatic heterocycles. The van der Waals surface area contributed by atoms with Crippen LogP contribution in [0.4, 0.5) is 0 Å². The van der Waals surface area contributed by atoms with E-state index in [1.165, 1.54) is 4.90 Å². The number of benzene rings is 1. The number of nitrogens with zero attached hydrogens (tertiary/aromatic N) is 1. The van der Waals surface area contributed by atoms with Gasteiger partial charge < -0.3 is 10.2 Å². The molecule has 0 fully saturated rings. The first-order valence-corrected chi connectivity index (χ1v) is 6.88. The van der Waals surface area contributed by atoms with Crippen LogP contribution in [0.25, 0.3) is 0 Å². The molecular weight excluding hydrogens is 216 g/mol. The van der Waals surface area contributed by atoms with E-state index in [1.807, 2.05) is 11.8 Å². The Morgan fingerprint density at radius 2 is 1.94 bits per heavy atom. The van der Waals surface area contributed by atoms with Crippen LogP contribution in [0.1, 0.15) is 6.92 Å². The number of nitrogens with one attached hydrogen (secondary N) is 1. The molecule has 3 heteroatoms. The van der Waals surface area contributed by atoms with E-state index < -0.39 is 0 Å². The van der Waals surface area contributed by atoms with Gasteiger partial charge in [-0.15, -0.1) is 11.8 Å². The number of hydrogen-bond acceptors (Lipinski definition) is 3. The molecule has 0 aliphatic rings. The van der Waals surface area contributed by atoms with Crippen molar-refractivity contribution in [2.45, 2.75) is 11.8 Å². The molecule has 0 atom stereocenters. The third-order valence-corrected chi connectivity index (χ3v) is 3.40. The monoisotopic (exact) mass is 238 g/mol. The fourth-order valence-electron chi connectivity index (χ4n) is 1.39. The van der Waals surface area contributed by atoms with Gasteiger partial charge in [0.2, 0.25) is 0 Å². The van der Waals surface area contributed by atoms with E-state index in [0.29, 0.717) is 0 Å². The molecule has 0 heterocycles. The average molecular weight is 238 g/mol. The van der Waals surface area contributed by atoms with Crippen LogP contribution in [0.3, 0.4) is 0 Å². The summed E-state index contributed by atoms with van der Waals surface area (Å²) < 4.78 is 0. The molecular formula is C13H22N2S. The van der Waals surface area contributed by atoms with E-state index in [4.69, 9.17) is 0 Å². The zero-order chi connectivity index (χ0) is 11.6. The predicted molar refractivity (Wildman–Crippen MR) is 73.2 cm³/mol. The van der Waals surface area contributed by atoms with Gasteiger partial charge in [0.25, 0.3) is 0 Å². The Bertz CT molecular complexity index is 264. The Labute approximate surface area is 103 Å². The SMILES string of the molecule is CCNCCN(C)CCSc1ccccc1. The van der Waals surface area contributed by atoms with Gasteiger partial charge >= 0.3 is 0 Å². The Hall–Kier alpha value is -0.510. The Morgan fingerprint density at radius 1 is 1.19 bits per heavy atom. The minimum absolute atomic E-state index is 1.06. The van der Waals surface area contributed by atoms with E-state index in [0.717, 1.165) is 31.9 Å². The van der Waals surface area contributed by atoms with Gasteiger partial charge in [-0.2, -0.15) is 0 Å². The molecule has 0 aliphatic carbocycles. The van der Waals surface area contributed by atoms with Crippen molar-refractivity contribution in [2.75, 3.05) is 39.0 Å². The van der Waals surface area contributed by atoms with E-state index in [-0.39, 0.29) is 0 Å². The second kappa shape index (κ2) is 8.62. The quantitative estimate of drug-likeness (QED) is 0.553. The van der Waals surface area contributed by atoms with E-state index >= 15 is 0 Å². The molecule has 0 amide bonds. The minimum Gasteiger partial charge on any atom is -0.316 e. The van der Waals surface area contributed by atoms with Crippen LogP contribution in [0.5, 0.6) is 0 Å². The molecule has 1 aromatic rings. The second-order valence-corrected chi connectivity index (χ2v) is 4.99. The van der Waals surface area contributed by atoms with Crippen molar-refractivity contribution >= 4 is 11.8 Å². The second-order valence-electron chi connectivity index (χ2n) is 3.82. The van der Waals surface area contributed by atoms with Crippen LogP contribution in [0.15, 0.2) is 35.2 Å². The predicted octanol–water partition coefficient (Wildman–Crippen LogP) is 2.32. The zero-order valence-electron chi connectivity index (χ0n) is 10.3. The maximum Gasteiger partial charge on any atom is 0.0108 e. The normalized spacial score (nSPS) is 10.9. The van der Waals surface area contributed by atoms with Crippen LogP contribution in [-0.2, 0) is 0 Å². The van der Waals surface area contributed by atoms with E-state index in [9.17, 15) is 0 Å². The van der Waals surface area contributed by atoms with Gasteiger partial charge in [0.15, 0.2) is 0 Å². The largest absolute Gasteiger partial charge is 0.316 e. The lowest BCUT2D eigenvalue weighted by Gasteiger charge is -2.16. The van der Waals surface area contributed by atoms with Crippen molar-refractivity contribution in [2.24, 2.45) is 0 Å². The molecule has 0 spiro atoms. The van der Waals surface area contributed by atoms with E-state index in [1.54, 1.807) is 0 Å². The molecule has 1 N–H and O–H groups in total. The zero-order valence-corrected chi connectivity index (χ0v) is 11.1. The maximum atomic E-state index is 3.34. The van der Waals surface area contributed by atoms with Crippen LogP contribution in [0.2, 0.25) is 0 Å². The van der Waals surface area contributed by atoms with E-state index in [2.05, 4.69) is 54.5 Å².